The van der Waals surface area contributed by atoms with Crippen LogP contribution < -0.4 is 25.8 Å². The van der Waals surface area contributed by atoms with Crippen molar-refractivity contribution in [1.82, 2.24) is 45.5 Å². The van der Waals surface area contributed by atoms with Crippen molar-refractivity contribution in [3.05, 3.63) is 83.7 Å². The van der Waals surface area contributed by atoms with E-state index in [1.165, 1.54) is 4.90 Å². The number of phenolic OH excluding ortho intramolecular Hbond substituents is 1. The fourth-order valence-corrected chi connectivity index (χ4v) is 10.9. The van der Waals surface area contributed by atoms with Gasteiger partial charge in [-0.05, 0) is 74.4 Å². The van der Waals surface area contributed by atoms with Crippen molar-refractivity contribution in [2.45, 2.75) is 109 Å². The lowest BCUT2D eigenvalue weighted by molar-refractivity contribution is -0.142. The highest BCUT2D eigenvalue weighted by Gasteiger charge is 2.46. The van der Waals surface area contributed by atoms with Crippen LogP contribution in [0, 0.1) is 17.8 Å². The van der Waals surface area contributed by atoms with Gasteiger partial charge in [-0.2, -0.15) is 0 Å². The number of aromatic nitrogens is 4. The molecular formula is C51H64N12O5. The first-order valence-electron chi connectivity index (χ1n) is 24.1. The lowest BCUT2D eigenvalue weighted by Gasteiger charge is -2.44. The minimum Gasteiger partial charge on any atom is -0.507 e. The number of likely N-dealkylation sites (tertiary alicyclic amines) is 1. The predicted molar refractivity (Wildman–Crippen MR) is 260 cm³/mol. The van der Waals surface area contributed by atoms with Gasteiger partial charge in [0.25, 0.3) is 0 Å². The molecule has 2 unspecified atom stereocenters. The highest BCUT2D eigenvalue weighted by atomic mass is 16.3. The third-order valence-electron chi connectivity index (χ3n) is 14.8. The Balaban J connectivity index is 0.755. The SMILES string of the molecule is C#Cc1ccc([C@H](C)NC(=O)[C@@H]2C[C@@H](O)CN2C(=O)[C@@H](NC(=O)N2CCN(C3CCN(c4cnc(N5CCC6Nc7nnc(-c8ccccc8O)cc7C6[C@H]5C)nc4)CC3)CC2)C(C)(C)C)cc1. The number of carbonyl (C=O) groups is 3. The third kappa shape index (κ3) is 9.48. The standard InChI is InChI=1S/C51H64N12O5/c1-7-33-12-14-34(15-13-33)31(2)54-47(66)42-26-37(64)30-63(42)48(67)45(51(4,5)6)56-50(68)61-24-22-60(23-25-61)35-16-19-59(20-17-35)36-28-52-49(53-29-36)62-21-18-40-44(32(62)3)39-27-41(57-58-46(39)55-40)38-10-8-9-11-43(38)65/h1,8-15,27-29,31-32,35,37,40,42,44-45,64-65H,16-26,30H2,2-6H3,(H,54,66)(H,55,58)(H,56,68)/t31-,32+,37+,40?,42-,44?,45+/m0/s1. The number of nitrogens with zero attached hydrogens (tertiary/aromatic N) is 9. The summed E-state index contributed by atoms with van der Waals surface area (Å²) in [5, 5.41) is 39.7. The summed E-state index contributed by atoms with van der Waals surface area (Å²) in [5.74, 6) is 3.70. The normalized spacial score (nSPS) is 24.0. The number of rotatable bonds is 9. The molecule has 0 saturated carbocycles. The van der Waals surface area contributed by atoms with Crippen LogP contribution in [0.1, 0.15) is 89.0 Å². The van der Waals surface area contributed by atoms with Crippen molar-refractivity contribution in [3.63, 3.8) is 0 Å². The Morgan fingerprint density at radius 1 is 0.912 bits per heavy atom. The maximum atomic E-state index is 14.3. The van der Waals surface area contributed by atoms with Gasteiger partial charge in [0.05, 0.1) is 35.9 Å². The molecule has 4 aromatic rings. The van der Waals surface area contributed by atoms with Crippen molar-refractivity contribution >= 4 is 35.3 Å². The van der Waals surface area contributed by atoms with E-state index in [1.807, 2.05) is 76.5 Å². The molecule has 2 aromatic heterocycles. The van der Waals surface area contributed by atoms with Crippen molar-refractivity contribution in [2.24, 2.45) is 5.41 Å². The van der Waals surface area contributed by atoms with Gasteiger partial charge >= 0.3 is 6.03 Å². The van der Waals surface area contributed by atoms with Crippen LogP contribution in [0.3, 0.4) is 0 Å². The highest BCUT2D eigenvalue weighted by Crippen LogP contribution is 2.44. The molecule has 4 amide bonds. The summed E-state index contributed by atoms with van der Waals surface area (Å²) in [6.07, 6.45) is 11.5. The van der Waals surface area contributed by atoms with E-state index in [1.54, 1.807) is 17.0 Å². The predicted octanol–water partition coefficient (Wildman–Crippen LogP) is 4.35. The second kappa shape index (κ2) is 19.2. The molecule has 5 N–H and O–H groups in total. The van der Waals surface area contributed by atoms with Crippen LogP contribution >= 0.6 is 0 Å². The number of aliphatic hydroxyl groups is 1. The summed E-state index contributed by atoms with van der Waals surface area (Å²) in [4.78, 5) is 61.8. The Labute approximate surface area is 398 Å². The molecule has 17 nitrogen and oxygen atoms in total. The molecule has 0 spiro atoms. The average Bonchev–Trinajstić information content (AvgIpc) is 3.93. The number of benzene rings is 2. The maximum Gasteiger partial charge on any atom is 0.318 e. The van der Waals surface area contributed by atoms with Gasteiger partial charge in [-0.3, -0.25) is 14.5 Å². The van der Waals surface area contributed by atoms with Gasteiger partial charge in [-0.15, -0.1) is 16.6 Å². The Kier molecular flexibility index (Phi) is 13.2. The quantitative estimate of drug-likeness (QED) is 0.149. The minimum atomic E-state index is -0.914. The Bertz CT molecular complexity index is 2510. The van der Waals surface area contributed by atoms with Gasteiger partial charge < -0.3 is 45.8 Å². The van der Waals surface area contributed by atoms with E-state index in [-0.39, 0.29) is 60.6 Å². The summed E-state index contributed by atoms with van der Waals surface area (Å²) < 4.78 is 0. The number of carbonyl (C=O) groups excluding carboxylic acids is 3. The number of amides is 4. The van der Waals surface area contributed by atoms with E-state index in [0.29, 0.717) is 36.3 Å². The van der Waals surface area contributed by atoms with Crippen molar-refractivity contribution in [1.29, 1.82) is 0 Å². The molecule has 358 valence electrons. The first-order chi connectivity index (χ1) is 32.7. The molecule has 17 heteroatoms. The topological polar surface area (TPSA) is 196 Å². The number of aliphatic hydroxyl groups excluding tert-OH is 1. The first kappa shape index (κ1) is 46.6. The minimum absolute atomic E-state index is 0.00861. The fourth-order valence-electron chi connectivity index (χ4n) is 10.9. The zero-order valence-corrected chi connectivity index (χ0v) is 39.7. The summed E-state index contributed by atoms with van der Waals surface area (Å²) >= 11 is 0. The summed E-state index contributed by atoms with van der Waals surface area (Å²) in [6.45, 7) is 14.9. The van der Waals surface area contributed by atoms with E-state index in [4.69, 9.17) is 16.4 Å². The molecule has 0 radical (unpaired) electrons. The Morgan fingerprint density at radius 3 is 2.29 bits per heavy atom. The Hall–Kier alpha value is -6.51. The Morgan fingerprint density at radius 2 is 1.62 bits per heavy atom. The number of hydrogen-bond donors (Lipinski definition) is 5. The molecule has 0 bridgehead atoms. The number of piperazine rings is 1. The van der Waals surface area contributed by atoms with E-state index < -0.39 is 23.6 Å². The first-order valence-corrected chi connectivity index (χ1v) is 24.1. The molecule has 4 fully saturated rings. The van der Waals surface area contributed by atoms with Crippen molar-refractivity contribution in [3.8, 4) is 29.4 Å². The van der Waals surface area contributed by atoms with E-state index in [9.17, 15) is 24.6 Å². The number of fused-ring (bicyclic) bond motifs is 3. The maximum absolute atomic E-state index is 14.3. The molecule has 5 aliphatic heterocycles. The second-order valence-electron chi connectivity index (χ2n) is 20.2. The molecule has 0 aliphatic carbocycles. The molecule has 68 heavy (non-hydrogen) atoms. The smallest absolute Gasteiger partial charge is 0.318 e. The van der Waals surface area contributed by atoms with Gasteiger partial charge in [0, 0.05) is 99.5 Å². The number of anilines is 3. The third-order valence-corrected chi connectivity index (χ3v) is 14.8. The van der Waals surface area contributed by atoms with Crippen LogP contribution in [0.2, 0.25) is 0 Å². The van der Waals surface area contributed by atoms with E-state index >= 15 is 0 Å². The molecule has 7 atom stereocenters. The lowest BCUT2D eigenvalue weighted by Crippen LogP contribution is -2.61. The number of urea groups is 1. The van der Waals surface area contributed by atoms with Gasteiger partial charge in [0.1, 0.15) is 17.8 Å². The lowest BCUT2D eigenvalue weighted by atomic mass is 9.83. The van der Waals surface area contributed by atoms with Gasteiger partial charge in [-0.1, -0.05) is 51.0 Å². The molecule has 5 aliphatic rings. The average molecular weight is 925 g/mol. The fraction of sp³-hybridized carbons (Fsp3) is 0.510. The van der Waals surface area contributed by atoms with E-state index in [2.05, 4.69) is 59.8 Å². The monoisotopic (exact) mass is 925 g/mol. The molecular weight excluding hydrogens is 861 g/mol. The number of piperidine rings is 2. The summed E-state index contributed by atoms with van der Waals surface area (Å²) in [7, 11) is 0. The van der Waals surface area contributed by atoms with Crippen LogP contribution in [0.4, 0.5) is 22.2 Å². The largest absolute Gasteiger partial charge is 0.507 e. The zero-order chi connectivity index (χ0) is 47.9. The van der Waals surface area contributed by atoms with Crippen LogP contribution in [0.5, 0.6) is 5.75 Å². The number of aromatic hydroxyl groups is 1. The van der Waals surface area contributed by atoms with Crippen LogP contribution in [0.15, 0.2) is 67.0 Å². The number of para-hydroxylation sites is 1. The van der Waals surface area contributed by atoms with Gasteiger partial charge in [0.2, 0.25) is 17.8 Å². The molecule has 7 heterocycles. The van der Waals surface area contributed by atoms with Gasteiger partial charge in [-0.25, -0.2) is 14.8 Å². The van der Waals surface area contributed by atoms with E-state index in [0.717, 1.165) is 80.2 Å². The van der Waals surface area contributed by atoms with Gasteiger partial charge in [0.15, 0.2) is 5.82 Å². The number of phenols is 1. The number of β-amino-alcohol motifs (C(OH)–C–C–N with tert-alkyl or cyclic N) is 1. The molecule has 2 aromatic carbocycles. The number of hydrogen-bond acceptors (Lipinski definition) is 13. The second-order valence-corrected chi connectivity index (χ2v) is 20.2. The van der Waals surface area contributed by atoms with Crippen LogP contribution in [0.25, 0.3) is 11.3 Å². The number of nitrogens with one attached hydrogen (secondary N) is 3. The summed E-state index contributed by atoms with van der Waals surface area (Å²) in [5.41, 5.74) is 4.36. The van der Waals surface area contributed by atoms with Crippen molar-refractivity contribution in [2.75, 3.05) is 67.5 Å². The zero-order valence-electron chi connectivity index (χ0n) is 39.7. The van der Waals surface area contributed by atoms with Crippen molar-refractivity contribution < 1.29 is 24.6 Å². The molecule has 9 rings (SSSR count). The number of terminal acetylenes is 1. The van der Waals surface area contributed by atoms with Crippen LogP contribution in [-0.2, 0) is 9.59 Å². The molecule has 4 saturated heterocycles. The highest BCUT2D eigenvalue weighted by molar-refractivity contribution is 5.93. The summed E-state index contributed by atoms with van der Waals surface area (Å²) in [6, 6.07) is 14.9. The van der Waals surface area contributed by atoms with Crippen LogP contribution in [-0.4, -0.2) is 152 Å².